The Hall–Kier alpha value is -4.27. The molecule has 44 heavy (non-hydrogen) atoms. The molecule has 4 aromatic rings. The van der Waals surface area contributed by atoms with Gasteiger partial charge in [-0.3, -0.25) is 4.79 Å². The van der Waals surface area contributed by atoms with E-state index < -0.39 is 35.1 Å². The van der Waals surface area contributed by atoms with E-state index in [1.165, 1.54) is 29.8 Å². The Morgan fingerprint density at radius 3 is 1.64 bits per heavy atom. The largest absolute Gasteiger partial charge is 0.507 e. The Kier molecular flexibility index (Phi) is 10.7. The van der Waals surface area contributed by atoms with Crippen LogP contribution in [-0.4, -0.2) is 17.6 Å². The van der Waals surface area contributed by atoms with Crippen molar-refractivity contribution in [3.63, 3.8) is 0 Å². The molecule has 1 amide bonds. The number of halogens is 6. The monoisotopic (exact) mass is 613 g/mol. The second-order valence-corrected chi connectivity index (χ2v) is 10.7. The number of rotatable bonds is 12. The van der Waals surface area contributed by atoms with Crippen molar-refractivity contribution in [2.75, 3.05) is 6.54 Å². The zero-order valence-corrected chi connectivity index (χ0v) is 23.9. The van der Waals surface area contributed by atoms with E-state index in [0.29, 0.717) is 13.0 Å². The van der Waals surface area contributed by atoms with Gasteiger partial charge < -0.3 is 10.4 Å². The van der Waals surface area contributed by atoms with E-state index in [9.17, 15) is 36.2 Å². The summed E-state index contributed by atoms with van der Waals surface area (Å²) >= 11 is 0. The first-order valence-electron chi connectivity index (χ1n) is 14.5. The number of unbranched alkanes of at least 4 members (excludes halogenated alkanes) is 5. The fourth-order valence-electron chi connectivity index (χ4n) is 5.04. The topological polar surface area (TPSA) is 49.3 Å². The molecule has 0 spiro atoms. The Morgan fingerprint density at radius 1 is 0.614 bits per heavy atom. The molecule has 0 aliphatic carbocycles. The maximum Gasteiger partial charge on any atom is 0.416 e. The number of aromatic hydroxyl groups is 1. The molecule has 4 aromatic carbocycles. The zero-order valence-electron chi connectivity index (χ0n) is 23.9. The number of aryl methyl sites for hydroxylation is 1. The number of carbonyl (C=O) groups excluding carboxylic acids is 1. The second-order valence-electron chi connectivity index (χ2n) is 10.7. The molecule has 0 radical (unpaired) electrons. The normalized spacial score (nSPS) is 11.9. The highest BCUT2D eigenvalue weighted by atomic mass is 19.4. The highest BCUT2D eigenvalue weighted by Crippen LogP contribution is 2.42. The predicted octanol–water partition coefficient (Wildman–Crippen LogP) is 10.1. The predicted molar refractivity (Wildman–Crippen MR) is 159 cm³/mol. The van der Waals surface area contributed by atoms with Crippen molar-refractivity contribution in [1.29, 1.82) is 0 Å². The molecule has 0 saturated heterocycles. The van der Waals surface area contributed by atoms with Crippen LogP contribution in [-0.2, 0) is 18.8 Å². The van der Waals surface area contributed by atoms with Crippen LogP contribution >= 0.6 is 0 Å². The van der Waals surface area contributed by atoms with Crippen LogP contribution in [0.4, 0.5) is 26.3 Å². The van der Waals surface area contributed by atoms with E-state index in [0.717, 1.165) is 74.9 Å². The molecular formula is C35H33F6NO2. The molecule has 0 aliphatic rings. The van der Waals surface area contributed by atoms with E-state index in [1.54, 1.807) is 0 Å². The van der Waals surface area contributed by atoms with Gasteiger partial charge in [0.25, 0.3) is 5.91 Å². The number of amides is 1. The number of alkyl halides is 6. The van der Waals surface area contributed by atoms with Gasteiger partial charge in [-0.15, -0.1) is 0 Å². The number of carbonyl (C=O) groups is 1. The van der Waals surface area contributed by atoms with E-state index in [1.807, 2.05) is 18.2 Å². The third-order valence-corrected chi connectivity index (χ3v) is 7.39. The van der Waals surface area contributed by atoms with Crippen molar-refractivity contribution in [2.24, 2.45) is 0 Å². The van der Waals surface area contributed by atoms with Gasteiger partial charge in [0, 0.05) is 23.2 Å². The summed E-state index contributed by atoms with van der Waals surface area (Å²) < 4.78 is 80.5. The third-order valence-electron chi connectivity index (χ3n) is 7.39. The van der Waals surface area contributed by atoms with E-state index in [-0.39, 0.29) is 27.8 Å². The first-order chi connectivity index (χ1) is 20.9. The average molecular weight is 614 g/mol. The minimum absolute atomic E-state index is 0.00327. The maximum atomic E-state index is 13.4. The summed E-state index contributed by atoms with van der Waals surface area (Å²) in [4.78, 5) is 13.1. The Bertz CT molecular complexity index is 1470. The van der Waals surface area contributed by atoms with Gasteiger partial charge in [0.1, 0.15) is 5.75 Å². The molecular weight excluding hydrogens is 580 g/mol. The maximum absolute atomic E-state index is 13.4. The summed E-state index contributed by atoms with van der Waals surface area (Å²) in [5, 5.41) is 13.9. The first-order valence-corrected chi connectivity index (χ1v) is 14.5. The molecule has 232 valence electrons. The molecule has 3 nitrogen and oxygen atoms in total. The SMILES string of the molecule is O=C(NCCCCCCCCc1ccccc1)c1cc(-c2cccc(C(F)(F)F)c2)c(O)c(-c2cccc(C(F)(F)F)c2)c1. The zero-order chi connectivity index (χ0) is 31.7. The lowest BCUT2D eigenvalue weighted by atomic mass is 9.92. The van der Waals surface area contributed by atoms with E-state index >= 15 is 0 Å². The fraction of sp³-hybridized carbons (Fsp3) is 0.286. The summed E-state index contributed by atoms with van der Waals surface area (Å²) in [6, 6.07) is 21.2. The average Bonchev–Trinajstić information content (AvgIpc) is 3.00. The fourth-order valence-corrected chi connectivity index (χ4v) is 5.04. The Labute approximate surface area is 252 Å². The molecule has 0 unspecified atom stereocenters. The van der Waals surface area contributed by atoms with Gasteiger partial charge in [-0.05, 0) is 72.4 Å². The smallest absolute Gasteiger partial charge is 0.416 e. The van der Waals surface area contributed by atoms with Crippen molar-refractivity contribution in [2.45, 2.75) is 57.3 Å². The summed E-state index contributed by atoms with van der Waals surface area (Å²) in [6.07, 6.45) is -2.40. The van der Waals surface area contributed by atoms with Gasteiger partial charge in [-0.2, -0.15) is 26.3 Å². The lowest BCUT2D eigenvalue weighted by molar-refractivity contribution is -0.138. The van der Waals surface area contributed by atoms with Crippen molar-refractivity contribution in [3.8, 4) is 28.0 Å². The number of benzene rings is 4. The van der Waals surface area contributed by atoms with Crippen molar-refractivity contribution < 1.29 is 36.2 Å². The van der Waals surface area contributed by atoms with Gasteiger partial charge in [0.15, 0.2) is 0 Å². The molecule has 0 aliphatic heterocycles. The molecule has 4 rings (SSSR count). The highest BCUT2D eigenvalue weighted by Gasteiger charge is 2.32. The van der Waals surface area contributed by atoms with Crippen LogP contribution in [0.2, 0.25) is 0 Å². The Balaban J connectivity index is 1.47. The van der Waals surface area contributed by atoms with Crippen molar-refractivity contribution >= 4 is 5.91 Å². The minimum Gasteiger partial charge on any atom is -0.507 e. The molecule has 9 heteroatoms. The van der Waals surface area contributed by atoms with E-state index in [4.69, 9.17) is 0 Å². The molecule has 0 atom stereocenters. The van der Waals surface area contributed by atoms with Gasteiger partial charge >= 0.3 is 12.4 Å². The molecule has 0 bridgehead atoms. The van der Waals surface area contributed by atoms with Crippen LogP contribution in [0.1, 0.15) is 65.6 Å². The number of hydrogen-bond donors (Lipinski definition) is 2. The van der Waals surface area contributed by atoms with Gasteiger partial charge in [-0.1, -0.05) is 80.3 Å². The van der Waals surface area contributed by atoms with Gasteiger partial charge in [0.2, 0.25) is 0 Å². The Morgan fingerprint density at radius 2 is 1.11 bits per heavy atom. The van der Waals surface area contributed by atoms with Gasteiger partial charge in [-0.25, -0.2) is 0 Å². The van der Waals surface area contributed by atoms with Crippen LogP contribution < -0.4 is 5.32 Å². The van der Waals surface area contributed by atoms with Crippen LogP contribution in [0, 0.1) is 0 Å². The molecule has 0 aromatic heterocycles. The first kappa shape index (κ1) is 32.6. The second kappa shape index (κ2) is 14.5. The lowest BCUT2D eigenvalue weighted by Crippen LogP contribution is -2.24. The standard InChI is InChI=1S/C35H33F6NO2/c36-34(37,38)28-17-10-15-25(20-28)30-22-27(23-31(32(30)43)26-16-11-18-29(21-26)35(39,40)41)33(44)42-19-9-4-2-1-3-6-12-24-13-7-5-8-14-24/h5,7-8,10-11,13-18,20-23,43H,1-4,6,9,12,19H2,(H,42,44). The van der Waals surface area contributed by atoms with Crippen LogP contribution in [0.5, 0.6) is 5.75 Å². The third kappa shape index (κ3) is 8.88. The summed E-state index contributed by atoms with van der Waals surface area (Å²) in [7, 11) is 0. The molecule has 0 fully saturated rings. The number of hydrogen-bond acceptors (Lipinski definition) is 2. The molecule has 0 saturated carbocycles. The van der Waals surface area contributed by atoms with Crippen molar-refractivity contribution in [1.82, 2.24) is 5.32 Å². The van der Waals surface area contributed by atoms with Crippen LogP contribution in [0.3, 0.4) is 0 Å². The number of phenols is 1. The summed E-state index contributed by atoms with van der Waals surface area (Å²) in [5.41, 5.74) is -0.895. The van der Waals surface area contributed by atoms with E-state index in [2.05, 4.69) is 17.4 Å². The molecule has 0 heterocycles. The minimum atomic E-state index is -4.66. The van der Waals surface area contributed by atoms with Crippen LogP contribution in [0.25, 0.3) is 22.3 Å². The molecule has 2 N–H and O–H groups in total. The summed E-state index contributed by atoms with van der Waals surface area (Å²) in [5.74, 6) is -1.08. The van der Waals surface area contributed by atoms with Crippen LogP contribution in [0.15, 0.2) is 91.0 Å². The lowest BCUT2D eigenvalue weighted by Gasteiger charge is -2.16. The number of phenolic OH excluding ortho intramolecular Hbond substituents is 1. The quantitative estimate of drug-likeness (QED) is 0.123. The summed E-state index contributed by atoms with van der Waals surface area (Å²) in [6.45, 7) is 0.349. The van der Waals surface area contributed by atoms with Gasteiger partial charge in [0.05, 0.1) is 11.1 Å². The number of nitrogens with one attached hydrogen (secondary N) is 1. The van der Waals surface area contributed by atoms with Crippen molar-refractivity contribution in [3.05, 3.63) is 113 Å². The highest BCUT2D eigenvalue weighted by molar-refractivity contribution is 5.99.